The van der Waals surface area contributed by atoms with Crippen molar-refractivity contribution < 1.29 is 29.3 Å². The van der Waals surface area contributed by atoms with E-state index in [0.717, 1.165) is 0 Å². The van der Waals surface area contributed by atoms with Crippen LogP contribution in [0.1, 0.15) is 60.4 Å². The lowest BCUT2D eigenvalue weighted by Crippen LogP contribution is -2.17. The van der Waals surface area contributed by atoms with Gasteiger partial charge < -0.3 is 19.7 Å². The maximum absolute atomic E-state index is 12.5. The highest BCUT2D eigenvalue weighted by Crippen LogP contribution is 2.33. The third-order valence-corrected chi connectivity index (χ3v) is 4.91. The molecule has 31 heavy (non-hydrogen) atoms. The number of rotatable bonds is 9. The van der Waals surface area contributed by atoms with Crippen LogP contribution in [0.4, 0.5) is 0 Å². The average molecular weight is 449 g/mol. The molecule has 7 heteroatoms. The molecule has 0 aliphatic carbocycles. The molecule has 0 spiro atoms. The zero-order chi connectivity index (χ0) is 23.3. The first-order chi connectivity index (χ1) is 14.4. The predicted molar refractivity (Wildman–Crippen MR) is 120 cm³/mol. The van der Waals surface area contributed by atoms with Crippen molar-refractivity contribution in [1.82, 2.24) is 0 Å². The van der Waals surface area contributed by atoms with E-state index in [9.17, 15) is 14.7 Å². The van der Waals surface area contributed by atoms with E-state index in [-0.39, 0.29) is 33.5 Å². The fourth-order valence-corrected chi connectivity index (χ4v) is 3.17. The van der Waals surface area contributed by atoms with E-state index >= 15 is 0 Å². The van der Waals surface area contributed by atoms with Gasteiger partial charge in [-0.1, -0.05) is 39.3 Å². The van der Waals surface area contributed by atoms with E-state index in [1.165, 1.54) is 12.1 Å². The minimum atomic E-state index is -1.09. The summed E-state index contributed by atoms with van der Waals surface area (Å²) in [5.41, 5.74) is 0.673. The Hall–Kier alpha value is -2.73. The van der Waals surface area contributed by atoms with Crippen LogP contribution in [-0.4, -0.2) is 35.2 Å². The second-order valence-corrected chi connectivity index (χ2v) is 9.33. The molecule has 2 N–H and O–H groups in total. The number of carbonyl (C=O) groups excluding carboxylic acids is 1. The number of hydrogen-bond donors (Lipinski definition) is 2. The van der Waals surface area contributed by atoms with Crippen LogP contribution in [0.2, 0.25) is 5.02 Å². The molecule has 0 heterocycles. The van der Waals surface area contributed by atoms with Gasteiger partial charge in [0.1, 0.15) is 17.2 Å². The molecule has 6 nitrogen and oxygen atoms in total. The fraction of sp³-hybridized carbons (Fsp3) is 0.417. The molecular formula is C24H29ClO6. The van der Waals surface area contributed by atoms with Crippen molar-refractivity contribution in [2.45, 2.75) is 41.0 Å². The molecule has 0 aliphatic rings. The lowest BCUT2D eigenvalue weighted by molar-refractivity contribution is 0.0696. The van der Waals surface area contributed by atoms with Crippen LogP contribution in [0.3, 0.4) is 0 Å². The van der Waals surface area contributed by atoms with Crippen molar-refractivity contribution in [1.29, 1.82) is 0 Å². The first-order valence-corrected chi connectivity index (χ1v) is 10.4. The quantitative estimate of drug-likeness (QED) is 0.473. The van der Waals surface area contributed by atoms with Gasteiger partial charge in [0.25, 0.3) is 0 Å². The molecule has 2 aromatic rings. The lowest BCUT2D eigenvalue weighted by Gasteiger charge is -2.19. The number of carboxylic acid groups (broad SMARTS) is 1. The maximum atomic E-state index is 12.5. The number of benzene rings is 2. The van der Waals surface area contributed by atoms with Crippen molar-refractivity contribution in [3.63, 3.8) is 0 Å². The Balaban J connectivity index is 1.95. The Bertz CT molecular complexity index is 961. The molecule has 0 radical (unpaired) electrons. The Morgan fingerprint density at radius 2 is 1.68 bits per heavy atom. The number of carboxylic acids is 1. The summed E-state index contributed by atoms with van der Waals surface area (Å²) >= 11 is 5.95. The topological polar surface area (TPSA) is 93.1 Å². The average Bonchev–Trinajstić information content (AvgIpc) is 2.65. The molecule has 0 unspecified atom stereocenters. The number of hydrogen-bond acceptors (Lipinski definition) is 5. The number of halogens is 1. The normalized spacial score (nSPS) is 12.3. The third kappa shape index (κ3) is 6.89. The molecule has 0 saturated heterocycles. The first-order valence-electron chi connectivity index (χ1n) is 10.0. The van der Waals surface area contributed by atoms with Crippen molar-refractivity contribution in [2.24, 2.45) is 11.3 Å². The number of aromatic hydroxyl groups is 1. The minimum Gasteiger partial charge on any atom is -0.507 e. The molecule has 2 aromatic carbocycles. The number of phenolic OH excluding ortho intramolecular Hbond substituents is 1. The van der Waals surface area contributed by atoms with Crippen molar-refractivity contribution in [3.05, 3.63) is 52.0 Å². The van der Waals surface area contributed by atoms with Gasteiger partial charge in [0, 0.05) is 17.9 Å². The van der Waals surface area contributed by atoms with E-state index < -0.39 is 5.97 Å². The van der Waals surface area contributed by atoms with Crippen LogP contribution in [-0.2, 0) is 0 Å². The standard InChI is InChI=1S/C24H29ClO6/c1-14(12-30-16-6-7-17(23(28)29)19(25)10-16)13-31-21-9-8-18(22(27)15(21)2)20(26)11-24(3,4)5/h6-10,14,27H,11-13H2,1-5H3,(H,28,29)/t14-/m0/s1. The predicted octanol–water partition coefficient (Wildman–Crippen LogP) is 5.77. The highest BCUT2D eigenvalue weighted by atomic mass is 35.5. The highest BCUT2D eigenvalue weighted by molar-refractivity contribution is 6.33. The van der Waals surface area contributed by atoms with E-state index in [1.54, 1.807) is 25.1 Å². The monoisotopic (exact) mass is 448 g/mol. The molecule has 0 saturated carbocycles. The molecule has 2 rings (SSSR count). The van der Waals surface area contributed by atoms with Gasteiger partial charge in [-0.2, -0.15) is 0 Å². The van der Waals surface area contributed by atoms with Gasteiger partial charge in [0.05, 0.1) is 29.4 Å². The van der Waals surface area contributed by atoms with E-state index in [2.05, 4.69) is 0 Å². The largest absolute Gasteiger partial charge is 0.507 e. The number of carbonyl (C=O) groups is 2. The number of ether oxygens (including phenoxy) is 2. The van der Waals surface area contributed by atoms with Gasteiger partial charge in [-0.3, -0.25) is 4.79 Å². The summed E-state index contributed by atoms with van der Waals surface area (Å²) in [7, 11) is 0. The number of Topliss-reactive ketones (excluding diaryl/α,β-unsaturated/α-hetero) is 1. The summed E-state index contributed by atoms with van der Waals surface area (Å²) in [6, 6.07) is 7.71. The summed E-state index contributed by atoms with van der Waals surface area (Å²) in [6.45, 7) is 10.2. The smallest absolute Gasteiger partial charge is 0.337 e. The Kier molecular flexibility index (Phi) is 7.96. The summed E-state index contributed by atoms with van der Waals surface area (Å²) in [6.07, 6.45) is 0.339. The van der Waals surface area contributed by atoms with Crippen LogP contribution in [0, 0.1) is 18.3 Å². The summed E-state index contributed by atoms with van der Waals surface area (Å²) in [5.74, 6) is -0.273. The number of phenols is 1. The second kappa shape index (κ2) is 10.1. The fourth-order valence-electron chi connectivity index (χ4n) is 2.92. The molecule has 0 amide bonds. The van der Waals surface area contributed by atoms with Gasteiger partial charge in [-0.15, -0.1) is 0 Å². The summed E-state index contributed by atoms with van der Waals surface area (Å²) < 4.78 is 11.5. The Morgan fingerprint density at radius 3 is 2.26 bits per heavy atom. The van der Waals surface area contributed by atoms with Gasteiger partial charge in [0.2, 0.25) is 0 Å². The van der Waals surface area contributed by atoms with Crippen molar-refractivity contribution >= 4 is 23.4 Å². The molecule has 0 fully saturated rings. The SMILES string of the molecule is Cc1c(OC[C@@H](C)COc2ccc(C(=O)O)c(Cl)c2)ccc(C(=O)CC(C)(C)C)c1O. The van der Waals surface area contributed by atoms with Crippen LogP contribution < -0.4 is 9.47 Å². The Labute approximate surface area is 187 Å². The molecule has 0 aromatic heterocycles. The minimum absolute atomic E-state index is 0.00154. The van der Waals surface area contributed by atoms with Gasteiger partial charge in [-0.25, -0.2) is 4.79 Å². The van der Waals surface area contributed by atoms with Crippen LogP contribution in [0.15, 0.2) is 30.3 Å². The van der Waals surface area contributed by atoms with Gasteiger partial charge in [0.15, 0.2) is 5.78 Å². The molecule has 0 aliphatic heterocycles. The Morgan fingerprint density at radius 1 is 1.06 bits per heavy atom. The molecule has 0 bridgehead atoms. The zero-order valence-electron chi connectivity index (χ0n) is 18.5. The summed E-state index contributed by atoms with van der Waals surface area (Å²) in [5, 5.41) is 19.6. The molecular weight excluding hydrogens is 420 g/mol. The van der Waals surface area contributed by atoms with Crippen molar-refractivity contribution in [2.75, 3.05) is 13.2 Å². The van der Waals surface area contributed by atoms with Crippen LogP contribution in [0.5, 0.6) is 17.2 Å². The third-order valence-electron chi connectivity index (χ3n) is 4.60. The maximum Gasteiger partial charge on any atom is 0.337 e. The van der Waals surface area contributed by atoms with Crippen LogP contribution in [0.25, 0.3) is 0 Å². The highest BCUT2D eigenvalue weighted by Gasteiger charge is 2.22. The number of ketones is 1. The molecule has 168 valence electrons. The zero-order valence-corrected chi connectivity index (χ0v) is 19.2. The van der Waals surface area contributed by atoms with Gasteiger partial charge >= 0.3 is 5.97 Å². The van der Waals surface area contributed by atoms with E-state index in [1.807, 2.05) is 27.7 Å². The van der Waals surface area contributed by atoms with E-state index in [4.69, 9.17) is 26.2 Å². The van der Waals surface area contributed by atoms with Gasteiger partial charge in [-0.05, 0) is 42.7 Å². The van der Waals surface area contributed by atoms with Crippen LogP contribution >= 0.6 is 11.6 Å². The lowest BCUT2D eigenvalue weighted by atomic mass is 9.87. The second-order valence-electron chi connectivity index (χ2n) is 8.92. The molecule has 1 atom stereocenters. The van der Waals surface area contributed by atoms with E-state index in [0.29, 0.717) is 42.3 Å². The summed E-state index contributed by atoms with van der Waals surface area (Å²) in [4.78, 5) is 23.5. The number of aromatic carboxylic acids is 1. The first kappa shape index (κ1) is 24.5. The van der Waals surface area contributed by atoms with Crippen molar-refractivity contribution in [3.8, 4) is 17.2 Å².